The Hall–Kier alpha value is -2.86. The van der Waals surface area contributed by atoms with Crippen molar-refractivity contribution in [2.24, 2.45) is 10.1 Å². The molecule has 30 heavy (non-hydrogen) atoms. The van der Waals surface area contributed by atoms with Crippen LogP contribution in [0.1, 0.15) is 38.8 Å². The lowest BCUT2D eigenvalue weighted by molar-refractivity contribution is 0.404. The molecule has 0 bridgehead atoms. The Labute approximate surface area is 182 Å². The number of thiazole rings is 1. The zero-order valence-corrected chi connectivity index (χ0v) is 19.3. The lowest BCUT2D eigenvalue weighted by Gasteiger charge is -2.18. The molecule has 0 saturated carbocycles. The van der Waals surface area contributed by atoms with Crippen LogP contribution in [-0.4, -0.2) is 31.7 Å². The van der Waals surface area contributed by atoms with Crippen LogP contribution in [0.4, 0.5) is 0 Å². The van der Waals surface area contributed by atoms with Gasteiger partial charge in [-0.15, -0.1) is 11.3 Å². The highest BCUT2D eigenvalue weighted by molar-refractivity contribution is 7.07. The third kappa shape index (κ3) is 4.82. The van der Waals surface area contributed by atoms with Crippen LogP contribution in [0.3, 0.4) is 0 Å². The highest BCUT2D eigenvalue weighted by atomic mass is 32.1. The van der Waals surface area contributed by atoms with Gasteiger partial charge in [0.2, 0.25) is 4.80 Å². The average molecular weight is 424 g/mol. The number of hydrogen-bond donors (Lipinski definition) is 0. The summed E-state index contributed by atoms with van der Waals surface area (Å²) >= 11 is 1.56. The minimum atomic E-state index is 0.126. The van der Waals surface area contributed by atoms with Crippen molar-refractivity contribution in [3.8, 4) is 22.8 Å². The van der Waals surface area contributed by atoms with Gasteiger partial charge in [0.25, 0.3) is 0 Å². The number of hydrogen-bond acceptors (Lipinski definition) is 5. The molecule has 0 fully saturated rings. The quantitative estimate of drug-likeness (QED) is 0.503. The summed E-state index contributed by atoms with van der Waals surface area (Å²) < 4.78 is 12.9. The Balaban J connectivity index is 2.06. The van der Waals surface area contributed by atoms with Crippen molar-refractivity contribution in [1.29, 1.82) is 0 Å². The first-order chi connectivity index (χ1) is 14.4. The van der Waals surface area contributed by atoms with Gasteiger partial charge in [-0.05, 0) is 41.7 Å². The molecule has 6 heteroatoms. The smallest absolute Gasteiger partial charge is 0.206 e. The molecule has 1 aromatic heterocycles. The number of methoxy groups -OCH3 is 2. The van der Waals surface area contributed by atoms with Crippen LogP contribution >= 0.6 is 11.3 Å². The van der Waals surface area contributed by atoms with E-state index in [0.29, 0.717) is 6.54 Å². The summed E-state index contributed by atoms with van der Waals surface area (Å²) in [5.41, 5.74) is 4.27. The molecule has 3 aromatic rings. The normalized spacial score (nSPS) is 12.5. The Bertz CT molecular complexity index is 1090. The summed E-state index contributed by atoms with van der Waals surface area (Å²) in [6.07, 6.45) is 1.87. The fourth-order valence-electron chi connectivity index (χ4n) is 3.05. The van der Waals surface area contributed by atoms with Gasteiger partial charge in [-0.1, -0.05) is 45.0 Å². The molecule has 0 saturated heterocycles. The van der Waals surface area contributed by atoms with E-state index in [0.717, 1.165) is 33.1 Å². The number of ether oxygens (including phenoxy) is 2. The van der Waals surface area contributed by atoms with Crippen LogP contribution in [0.15, 0.2) is 57.9 Å². The summed E-state index contributed by atoms with van der Waals surface area (Å²) in [6, 6.07) is 14.3. The van der Waals surface area contributed by atoms with E-state index in [1.165, 1.54) is 5.56 Å². The average Bonchev–Trinajstić information content (AvgIpc) is 3.14. The molecule has 5 nitrogen and oxygen atoms in total. The van der Waals surface area contributed by atoms with Crippen molar-refractivity contribution in [3.63, 3.8) is 0 Å². The van der Waals surface area contributed by atoms with Crippen molar-refractivity contribution in [3.05, 3.63) is 63.8 Å². The van der Waals surface area contributed by atoms with Crippen LogP contribution in [0.2, 0.25) is 0 Å². The molecule has 0 N–H and O–H groups in total. The van der Waals surface area contributed by atoms with Crippen molar-refractivity contribution in [2.75, 3.05) is 20.8 Å². The van der Waals surface area contributed by atoms with Crippen LogP contribution in [0.25, 0.3) is 11.3 Å². The van der Waals surface area contributed by atoms with Gasteiger partial charge in [-0.3, -0.25) is 4.99 Å². The molecule has 0 radical (unpaired) electrons. The van der Waals surface area contributed by atoms with Gasteiger partial charge < -0.3 is 9.47 Å². The van der Waals surface area contributed by atoms with Crippen molar-refractivity contribution in [1.82, 2.24) is 4.68 Å². The monoisotopic (exact) mass is 423 g/mol. The fourth-order valence-corrected chi connectivity index (χ4v) is 3.94. The summed E-state index contributed by atoms with van der Waals surface area (Å²) in [4.78, 5) is 5.44. The third-order valence-corrected chi connectivity index (χ3v) is 5.61. The van der Waals surface area contributed by atoms with Crippen molar-refractivity contribution in [2.45, 2.75) is 33.1 Å². The number of benzene rings is 2. The molecule has 0 atom stereocenters. The first kappa shape index (κ1) is 21.8. The molecule has 0 aliphatic carbocycles. The van der Waals surface area contributed by atoms with E-state index in [1.807, 2.05) is 41.4 Å². The molecule has 0 unspecified atom stereocenters. The van der Waals surface area contributed by atoms with E-state index in [2.05, 4.69) is 50.0 Å². The van der Waals surface area contributed by atoms with Crippen LogP contribution < -0.4 is 14.3 Å². The van der Waals surface area contributed by atoms with E-state index >= 15 is 0 Å². The van der Waals surface area contributed by atoms with E-state index in [4.69, 9.17) is 14.6 Å². The molecule has 158 valence electrons. The molecular formula is C24H29N3O2S. The molecule has 0 aliphatic rings. The zero-order chi connectivity index (χ0) is 21.7. The van der Waals surface area contributed by atoms with Gasteiger partial charge in [0.15, 0.2) is 0 Å². The lowest BCUT2D eigenvalue weighted by Crippen LogP contribution is -2.13. The maximum atomic E-state index is 5.58. The topological polar surface area (TPSA) is 48.1 Å². The summed E-state index contributed by atoms with van der Waals surface area (Å²) in [5, 5.41) is 6.81. The molecule has 2 aromatic carbocycles. The first-order valence-electron chi connectivity index (χ1n) is 9.95. The van der Waals surface area contributed by atoms with Gasteiger partial charge in [-0.25, -0.2) is 4.68 Å². The lowest BCUT2D eigenvalue weighted by atomic mass is 9.87. The molecule has 0 amide bonds. The van der Waals surface area contributed by atoms with Gasteiger partial charge in [-0.2, -0.15) is 5.10 Å². The maximum absolute atomic E-state index is 5.58. The SMILES string of the molecule is CCN=c1scc(-c2cc(OC)ccc2OC)n1N=Cc1ccc(C(C)(C)C)cc1. The van der Waals surface area contributed by atoms with Crippen LogP contribution in [0.5, 0.6) is 11.5 Å². The fraction of sp³-hybridized carbons (Fsp3) is 0.333. The van der Waals surface area contributed by atoms with Gasteiger partial charge in [0, 0.05) is 17.5 Å². The third-order valence-electron chi connectivity index (χ3n) is 4.76. The maximum Gasteiger partial charge on any atom is 0.206 e. The zero-order valence-electron chi connectivity index (χ0n) is 18.5. The summed E-state index contributed by atoms with van der Waals surface area (Å²) in [7, 11) is 3.32. The molecule has 1 heterocycles. The Morgan fingerprint density at radius 1 is 1.03 bits per heavy atom. The second-order valence-electron chi connectivity index (χ2n) is 7.87. The van der Waals surface area contributed by atoms with Gasteiger partial charge >= 0.3 is 0 Å². The predicted octanol–water partition coefficient (Wildman–Crippen LogP) is 5.33. The summed E-state index contributed by atoms with van der Waals surface area (Å²) in [6.45, 7) is 9.34. The Kier molecular flexibility index (Phi) is 6.77. The first-order valence-corrected chi connectivity index (χ1v) is 10.8. The second kappa shape index (κ2) is 9.30. The van der Waals surface area contributed by atoms with Gasteiger partial charge in [0.05, 0.1) is 26.1 Å². The van der Waals surface area contributed by atoms with E-state index in [-0.39, 0.29) is 5.41 Å². The largest absolute Gasteiger partial charge is 0.497 e. The predicted molar refractivity (Wildman–Crippen MR) is 125 cm³/mol. The number of nitrogens with zero attached hydrogens (tertiary/aromatic N) is 3. The molecular weight excluding hydrogens is 394 g/mol. The molecule has 0 spiro atoms. The number of aromatic nitrogens is 1. The van der Waals surface area contributed by atoms with Crippen LogP contribution in [0, 0.1) is 0 Å². The highest BCUT2D eigenvalue weighted by Crippen LogP contribution is 2.33. The Morgan fingerprint density at radius 2 is 1.77 bits per heavy atom. The van der Waals surface area contributed by atoms with E-state index < -0.39 is 0 Å². The minimum Gasteiger partial charge on any atom is -0.497 e. The highest BCUT2D eigenvalue weighted by Gasteiger charge is 2.15. The van der Waals surface area contributed by atoms with Crippen LogP contribution in [-0.2, 0) is 5.41 Å². The standard InChI is InChI=1S/C24H29N3O2S/c1-7-25-23-27(26-15-17-8-10-18(11-9-17)24(2,3)4)21(16-30-23)20-14-19(28-5)12-13-22(20)29-6/h8-16H,7H2,1-6H3. The summed E-state index contributed by atoms with van der Waals surface area (Å²) in [5.74, 6) is 1.52. The minimum absolute atomic E-state index is 0.126. The van der Waals surface area contributed by atoms with Gasteiger partial charge in [0.1, 0.15) is 11.5 Å². The molecule has 3 rings (SSSR count). The van der Waals surface area contributed by atoms with E-state index in [9.17, 15) is 0 Å². The van der Waals surface area contributed by atoms with Crippen molar-refractivity contribution < 1.29 is 9.47 Å². The Morgan fingerprint density at radius 3 is 2.37 bits per heavy atom. The van der Waals surface area contributed by atoms with E-state index in [1.54, 1.807) is 25.6 Å². The van der Waals surface area contributed by atoms with Crippen molar-refractivity contribution >= 4 is 17.6 Å². The number of rotatable bonds is 6. The molecule has 0 aliphatic heterocycles. The second-order valence-corrected chi connectivity index (χ2v) is 8.71.